The lowest BCUT2D eigenvalue weighted by Gasteiger charge is -2.03. The van der Waals surface area contributed by atoms with Crippen LogP contribution in [0.4, 0.5) is 0 Å². The quantitative estimate of drug-likeness (QED) is 0.598. The van der Waals surface area contributed by atoms with Gasteiger partial charge in [-0.25, -0.2) is 0 Å². The number of carbonyl (C=O) groups excluding carboxylic acids is 2. The van der Waals surface area contributed by atoms with Crippen molar-refractivity contribution < 1.29 is 9.59 Å². The highest BCUT2D eigenvalue weighted by Gasteiger charge is 2.05. The van der Waals surface area contributed by atoms with Gasteiger partial charge in [0.1, 0.15) is 11.6 Å². The summed E-state index contributed by atoms with van der Waals surface area (Å²) in [5, 5.41) is 0. The molecule has 0 aliphatic heterocycles. The number of carbonyl (C=O) groups is 2. The maximum absolute atomic E-state index is 11.6. The third kappa shape index (κ3) is 8.21. The van der Waals surface area contributed by atoms with E-state index in [1.165, 1.54) is 19.3 Å². The van der Waals surface area contributed by atoms with Crippen LogP contribution in [0.25, 0.3) is 0 Å². The van der Waals surface area contributed by atoms with Crippen LogP contribution in [0.3, 0.4) is 0 Å². The van der Waals surface area contributed by atoms with Gasteiger partial charge in [-0.3, -0.25) is 9.59 Å². The van der Waals surface area contributed by atoms with Crippen molar-refractivity contribution in [3.8, 4) is 0 Å². The average molecular weight is 250 g/mol. The Morgan fingerprint density at radius 3 is 1.78 bits per heavy atom. The Balaban J connectivity index is 2.29. The molecular formula is C16H26O2. The van der Waals surface area contributed by atoms with E-state index in [-0.39, 0.29) is 0 Å². The summed E-state index contributed by atoms with van der Waals surface area (Å²) in [4.78, 5) is 23.1. The van der Waals surface area contributed by atoms with Crippen molar-refractivity contribution in [2.45, 2.75) is 77.0 Å². The van der Waals surface area contributed by atoms with Crippen LogP contribution in [-0.2, 0) is 9.59 Å². The van der Waals surface area contributed by atoms with Gasteiger partial charge in [0.05, 0.1) is 0 Å². The summed E-state index contributed by atoms with van der Waals surface area (Å²) in [6.45, 7) is 0. The molecule has 0 atom stereocenters. The highest BCUT2D eigenvalue weighted by atomic mass is 16.1. The van der Waals surface area contributed by atoms with Crippen molar-refractivity contribution in [2.75, 3.05) is 0 Å². The van der Waals surface area contributed by atoms with Gasteiger partial charge in [0.2, 0.25) is 0 Å². The van der Waals surface area contributed by atoms with E-state index in [1.54, 1.807) is 0 Å². The van der Waals surface area contributed by atoms with Crippen LogP contribution in [0, 0.1) is 0 Å². The van der Waals surface area contributed by atoms with Crippen LogP contribution >= 0.6 is 0 Å². The van der Waals surface area contributed by atoms with Crippen molar-refractivity contribution >= 4 is 11.6 Å². The van der Waals surface area contributed by atoms with E-state index in [2.05, 4.69) is 12.2 Å². The molecule has 0 saturated carbocycles. The van der Waals surface area contributed by atoms with Gasteiger partial charge in [0.15, 0.2) is 0 Å². The molecule has 1 aliphatic rings. The molecule has 0 bridgehead atoms. The summed E-state index contributed by atoms with van der Waals surface area (Å²) in [6, 6.07) is 0. The second-order valence-electron chi connectivity index (χ2n) is 5.25. The molecule has 0 fully saturated rings. The van der Waals surface area contributed by atoms with Crippen molar-refractivity contribution in [1.29, 1.82) is 0 Å². The third-order valence-electron chi connectivity index (χ3n) is 3.48. The van der Waals surface area contributed by atoms with Gasteiger partial charge in [-0.2, -0.15) is 0 Å². The Morgan fingerprint density at radius 1 is 0.556 bits per heavy atom. The first-order valence-electron chi connectivity index (χ1n) is 7.47. The molecule has 0 aromatic rings. The van der Waals surface area contributed by atoms with Gasteiger partial charge in [-0.05, 0) is 38.5 Å². The second-order valence-corrected chi connectivity index (χ2v) is 5.25. The zero-order chi connectivity index (χ0) is 13.1. The highest BCUT2D eigenvalue weighted by Crippen LogP contribution is 2.11. The van der Waals surface area contributed by atoms with E-state index in [0.29, 0.717) is 37.2 Å². The van der Waals surface area contributed by atoms with Crippen LogP contribution in [-0.4, -0.2) is 11.6 Å². The molecule has 1 aliphatic carbocycles. The van der Waals surface area contributed by atoms with Gasteiger partial charge in [-0.1, -0.05) is 25.0 Å². The van der Waals surface area contributed by atoms with Gasteiger partial charge in [0.25, 0.3) is 0 Å². The van der Waals surface area contributed by atoms with E-state index >= 15 is 0 Å². The summed E-state index contributed by atoms with van der Waals surface area (Å²) in [5.74, 6) is 0.665. The van der Waals surface area contributed by atoms with Gasteiger partial charge in [0, 0.05) is 25.7 Å². The molecule has 0 heterocycles. The largest absolute Gasteiger partial charge is 0.300 e. The monoisotopic (exact) mass is 250 g/mol. The summed E-state index contributed by atoms with van der Waals surface area (Å²) in [5.41, 5.74) is 0. The van der Waals surface area contributed by atoms with Crippen LogP contribution < -0.4 is 0 Å². The van der Waals surface area contributed by atoms with Crippen molar-refractivity contribution in [1.82, 2.24) is 0 Å². The highest BCUT2D eigenvalue weighted by molar-refractivity contribution is 5.81. The molecule has 0 radical (unpaired) electrons. The van der Waals surface area contributed by atoms with Crippen LogP contribution in [0.2, 0.25) is 0 Å². The Kier molecular flexibility index (Phi) is 8.45. The maximum Gasteiger partial charge on any atom is 0.132 e. The number of hydrogen-bond acceptors (Lipinski definition) is 2. The topological polar surface area (TPSA) is 34.1 Å². The lowest BCUT2D eigenvalue weighted by molar-refractivity contribution is -0.120. The molecular weight excluding hydrogens is 224 g/mol. The van der Waals surface area contributed by atoms with Crippen LogP contribution in [0.15, 0.2) is 12.2 Å². The fraction of sp³-hybridized carbons (Fsp3) is 0.750. The maximum atomic E-state index is 11.6. The number of hydrogen-bond donors (Lipinski definition) is 0. The fourth-order valence-electron chi connectivity index (χ4n) is 2.32. The van der Waals surface area contributed by atoms with E-state index in [1.807, 2.05) is 0 Å². The van der Waals surface area contributed by atoms with E-state index in [0.717, 1.165) is 32.1 Å². The molecule has 1 rings (SSSR count). The number of allylic oxidation sites excluding steroid dienone is 2. The molecule has 0 aromatic heterocycles. The minimum atomic E-state index is 0.322. The minimum absolute atomic E-state index is 0.322. The molecule has 0 amide bonds. The van der Waals surface area contributed by atoms with E-state index < -0.39 is 0 Å². The molecule has 18 heavy (non-hydrogen) atoms. The molecule has 2 nitrogen and oxygen atoms in total. The van der Waals surface area contributed by atoms with E-state index in [9.17, 15) is 9.59 Å². The molecule has 0 N–H and O–H groups in total. The smallest absolute Gasteiger partial charge is 0.132 e. The normalized spacial score (nSPS) is 22.0. The van der Waals surface area contributed by atoms with Crippen molar-refractivity contribution in [3.63, 3.8) is 0 Å². The number of rotatable bonds is 0. The third-order valence-corrected chi connectivity index (χ3v) is 3.48. The summed E-state index contributed by atoms with van der Waals surface area (Å²) in [7, 11) is 0. The fourth-order valence-corrected chi connectivity index (χ4v) is 2.32. The standard InChI is InChI=1S/C16H26O2/c17-15-11-8-6-4-2-1-3-5-7-9-12-16(18)14-10-13-15/h2,4H,1,3,5-14H2. The molecule has 0 unspecified atom stereocenters. The average Bonchev–Trinajstić information content (AvgIpc) is 2.34. The SMILES string of the molecule is O=C1CCCC=CCCCCCCC(=O)CCC1. The summed E-state index contributed by atoms with van der Waals surface area (Å²) < 4.78 is 0. The Bertz CT molecular complexity index is 279. The molecule has 2 heteroatoms. The molecule has 0 spiro atoms. The Morgan fingerprint density at radius 2 is 1.06 bits per heavy atom. The first-order valence-corrected chi connectivity index (χ1v) is 7.47. The van der Waals surface area contributed by atoms with Crippen molar-refractivity contribution in [2.24, 2.45) is 0 Å². The van der Waals surface area contributed by atoms with Gasteiger partial charge in [-0.15, -0.1) is 0 Å². The minimum Gasteiger partial charge on any atom is -0.300 e. The zero-order valence-electron chi connectivity index (χ0n) is 11.5. The summed E-state index contributed by atoms with van der Waals surface area (Å²) >= 11 is 0. The Hall–Kier alpha value is -0.920. The van der Waals surface area contributed by atoms with E-state index in [4.69, 9.17) is 0 Å². The summed E-state index contributed by atoms with van der Waals surface area (Å²) in [6.07, 6.45) is 15.6. The molecule has 0 aromatic carbocycles. The van der Waals surface area contributed by atoms with Crippen molar-refractivity contribution in [3.05, 3.63) is 12.2 Å². The molecule has 0 saturated heterocycles. The van der Waals surface area contributed by atoms with Crippen LogP contribution in [0.1, 0.15) is 77.0 Å². The number of Topliss-reactive ketones (excluding diaryl/α,β-unsaturated/α-hetero) is 2. The molecule has 102 valence electrons. The second kappa shape index (κ2) is 10.0. The first kappa shape index (κ1) is 15.1. The lowest BCUT2D eigenvalue weighted by Crippen LogP contribution is -2.02. The zero-order valence-corrected chi connectivity index (χ0v) is 11.5. The van der Waals surface area contributed by atoms with Gasteiger partial charge >= 0.3 is 0 Å². The lowest BCUT2D eigenvalue weighted by atomic mass is 10.0. The first-order chi connectivity index (χ1) is 8.79. The predicted octanol–water partition coefficient (Wildman–Crippen LogP) is 4.38. The van der Waals surface area contributed by atoms with Crippen LogP contribution in [0.5, 0.6) is 0 Å². The predicted molar refractivity (Wildman–Crippen MR) is 74.6 cm³/mol. The Labute approximate surface area is 111 Å². The number of ketones is 2. The van der Waals surface area contributed by atoms with Gasteiger partial charge < -0.3 is 0 Å².